The summed E-state index contributed by atoms with van der Waals surface area (Å²) >= 11 is 0. The number of hydrogen-bond donors (Lipinski definition) is 14. The quantitative estimate of drug-likeness (QED) is 0.00706. The molecule has 4 aromatic heterocycles. The Morgan fingerprint density at radius 3 is 1.40 bits per heavy atom. The molecular formula is C77H104N12O39P6. The Kier molecular flexibility index (Phi) is 43.2. The maximum atomic E-state index is 13.1. The Balaban J connectivity index is 0.000000374. The van der Waals surface area contributed by atoms with Crippen LogP contribution in [0.4, 0.5) is 16.4 Å². The summed E-state index contributed by atoms with van der Waals surface area (Å²) in [5.41, 5.74) is 13.5. The van der Waals surface area contributed by atoms with Crippen LogP contribution in [0, 0.1) is 23.7 Å². The average Bonchev–Trinajstić information content (AvgIpc) is 1.62. The molecule has 134 heavy (non-hydrogen) atoms. The second-order valence-corrected chi connectivity index (χ2v) is 38.5. The molecule has 4 amide bonds. The minimum atomic E-state index is -5.75. The molecule has 13 unspecified atom stereocenters. The van der Waals surface area contributed by atoms with Crippen molar-refractivity contribution in [1.82, 2.24) is 50.3 Å². The molecular weight excluding hydrogens is 1900 g/mol. The zero-order valence-electron chi connectivity index (χ0n) is 73.1. The number of alkyl carbamates (subject to hydrolysis) is 1. The molecule has 0 spiro atoms. The zero-order chi connectivity index (χ0) is 98.9. The second kappa shape index (κ2) is 52.0. The topological polar surface area (TPSA) is 719 Å². The number of fused-ring (bicyclic) bond motifs is 2. The van der Waals surface area contributed by atoms with Crippen molar-refractivity contribution in [3.05, 3.63) is 121 Å². The lowest BCUT2D eigenvalue weighted by Gasteiger charge is -2.23. The predicted molar refractivity (Wildman–Crippen MR) is 466 cm³/mol. The van der Waals surface area contributed by atoms with Gasteiger partial charge in [0.2, 0.25) is 17.7 Å². The number of carbonyl (C=O) groups excluding carboxylic acids is 8. The summed E-state index contributed by atoms with van der Waals surface area (Å²) < 4.78 is 160. The third kappa shape index (κ3) is 38.8. The second-order valence-electron chi connectivity index (χ2n) is 29.6. The fourth-order valence-electron chi connectivity index (χ4n) is 12.4. The number of amides is 4. The maximum Gasteiger partial charge on any atom is 0.490 e. The largest absolute Gasteiger partial charge is 0.490 e. The normalized spacial score (nSPS) is 18.6. The number of anilines is 2. The lowest BCUT2D eigenvalue weighted by Crippen LogP contribution is -2.45. The van der Waals surface area contributed by atoms with E-state index in [-0.39, 0.29) is 149 Å². The number of ketones is 4. The van der Waals surface area contributed by atoms with Gasteiger partial charge >= 0.3 is 53.0 Å². The Bertz CT molecular complexity index is 5570. The van der Waals surface area contributed by atoms with E-state index in [0.717, 1.165) is 0 Å². The van der Waals surface area contributed by atoms with E-state index in [2.05, 4.69) is 95.3 Å². The number of nitrogen functional groups attached to an aromatic ring is 2. The van der Waals surface area contributed by atoms with Crippen LogP contribution in [0.5, 0.6) is 11.5 Å². The molecule has 0 saturated carbocycles. The number of Topliss-reactive ketones (excluding diaryl/α,β-unsaturated/α-hetero) is 4. The van der Waals surface area contributed by atoms with E-state index < -0.39 is 152 Å². The van der Waals surface area contributed by atoms with Gasteiger partial charge in [-0.25, -0.2) is 52.1 Å². The number of rotatable bonds is 53. The third-order valence-corrected chi connectivity index (χ3v) is 25.6. The minimum Gasteiger partial charge on any atom is -0.488 e. The molecule has 13 atom stereocenters. The molecule has 0 aliphatic carbocycles. The van der Waals surface area contributed by atoms with E-state index >= 15 is 0 Å². The number of benzene rings is 2. The first-order valence-corrected chi connectivity index (χ1v) is 49.1. The van der Waals surface area contributed by atoms with Crippen LogP contribution in [-0.2, 0) is 120 Å². The van der Waals surface area contributed by atoms with E-state index in [0.29, 0.717) is 51.6 Å². The van der Waals surface area contributed by atoms with Crippen LogP contribution in [0.2, 0.25) is 0 Å². The molecule has 57 heteroatoms. The van der Waals surface area contributed by atoms with Crippen molar-refractivity contribution in [3.63, 3.8) is 0 Å². The molecule has 2 aliphatic rings. The van der Waals surface area contributed by atoms with Crippen LogP contribution >= 0.6 is 46.9 Å². The number of phosphoric ester groups is 2. The first-order chi connectivity index (χ1) is 63.0. The van der Waals surface area contributed by atoms with Crippen LogP contribution in [-0.4, -0.2) is 251 Å². The van der Waals surface area contributed by atoms with Gasteiger partial charge in [-0.05, 0) is 71.2 Å². The molecule has 2 aromatic carbocycles. The van der Waals surface area contributed by atoms with Gasteiger partial charge in [0, 0.05) is 89.7 Å². The fourth-order valence-corrected chi connectivity index (χ4v) is 18.4. The van der Waals surface area contributed by atoms with E-state index in [9.17, 15) is 85.3 Å². The van der Waals surface area contributed by atoms with Gasteiger partial charge in [0.1, 0.15) is 110 Å². The number of phosphoric acid groups is 6. The standard InChI is InChI=1S/C43H60N7O21P3.C34H44N5O18P3/c1-7-19-64-38(25-65-30-13-8-11-28(20-30)32(52)14-9-15-33(53)31(16-18-45-27(2)51)49-42(55)69-43(3,4)5)66-24-36(54)46-17-10-12-29-22-50(41-39(29)40(44)47-26-48-41)37-21-34(63-6)35(68-37)23-67-73(59,60)71-74(61,62)70-72(56,57)58;1-4-14-51-31(20-52-25-11-6-9-23(15-25)26(41)12-5-8-22(2)40)53-19-29(42)36-13-7-10-24-17-39(34-32(24)33(35)37-21-38-34)30-16-27(50-3)28(55-30)18-54-59(46,47)57-60(48,49)56-58(43,44)45/h7-8,11,13,20,22,26,31,34-35,37-38H,1,9,14-19,21,23-25H2,2-6H3,(H,45,51)(H,46,54)(H,49,55)(H,59,60)(H,61,62)(H2,44,47,48)(H2,56,57,58);4,6,9,11,15,17,21,27-28,30-31H,1,5,8,12-14,16,18-20H2,2-3H3,(H,36,42)(H,46,47)(H,48,49)(H2,35,37,38)(H2,43,44,45). The Morgan fingerprint density at radius 2 is 1.01 bits per heavy atom. The summed E-state index contributed by atoms with van der Waals surface area (Å²) in [6.45, 7) is 12.3. The molecule has 736 valence electrons. The average molecular weight is 2010 g/mol. The number of nitrogens with one attached hydrogen (secondary N) is 4. The zero-order valence-corrected chi connectivity index (χ0v) is 78.5. The third-order valence-electron chi connectivity index (χ3n) is 18.0. The number of aromatic nitrogens is 6. The first-order valence-electron chi connectivity index (χ1n) is 40.1. The highest BCUT2D eigenvalue weighted by Crippen LogP contribution is 2.68. The van der Waals surface area contributed by atoms with E-state index in [1.54, 1.807) is 74.0 Å². The van der Waals surface area contributed by atoms with E-state index in [1.807, 2.05) is 0 Å². The van der Waals surface area contributed by atoms with Gasteiger partial charge in [-0.3, -0.25) is 37.8 Å². The van der Waals surface area contributed by atoms with Crippen LogP contribution in [0.1, 0.15) is 137 Å². The molecule has 0 bridgehead atoms. The molecule has 6 heterocycles. The van der Waals surface area contributed by atoms with Gasteiger partial charge in [-0.15, -0.1) is 13.2 Å². The Morgan fingerprint density at radius 1 is 0.582 bits per heavy atom. The number of ether oxygens (including phenoxy) is 11. The summed E-state index contributed by atoms with van der Waals surface area (Å²) in [5, 5.41) is 11.0. The Labute approximate surface area is 765 Å². The van der Waals surface area contributed by atoms with E-state index in [4.69, 9.17) is 92.2 Å². The summed E-state index contributed by atoms with van der Waals surface area (Å²) in [6.07, 6.45) is 1.60. The summed E-state index contributed by atoms with van der Waals surface area (Å²) in [6, 6.07) is 11.9. The molecule has 8 rings (SSSR count). The molecule has 2 saturated heterocycles. The van der Waals surface area contributed by atoms with Crippen molar-refractivity contribution in [2.45, 2.75) is 154 Å². The molecule has 6 aromatic rings. The maximum absolute atomic E-state index is 13.1. The number of nitrogens with two attached hydrogens (primary N) is 2. The molecule has 16 N–H and O–H groups in total. The molecule has 51 nitrogen and oxygen atoms in total. The highest BCUT2D eigenvalue weighted by Gasteiger charge is 2.46. The summed E-state index contributed by atoms with van der Waals surface area (Å²) in [4.78, 5) is 190. The molecule has 0 radical (unpaired) electrons. The fraction of sp³-hybridized carbons (Fsp3) is 0.481. The monoisotopic (exact) mass is 2010 g/mol. The summed E-state index contributed by atoms with van der Waals surface area (Å²) in [5.74, 6) is 10.1. The lowest BCUT2D eigenvalue weighted by atomic mass is 10.0. The first kappa shape index (κ1) is 111. The van der Waals surface area contributed by atoms with Gasteiger partial charge in [-0.1, -0.05) is 60.1 Å². The SMILES string of the molecule is C=CCOC(COc1cccc(C(=O)CCCC(=O)C(CCNC(C)=O)NC(=O)OC(C)(C)C)c1)OCC(=O)NCC#Cc1cn(C2CC(OC)C(COP(=O)(O)OP(=O)(O)OP(=O)(O)O)O2)c2ncnc(N)c12.C=CCOC(COc1cccc(C(=O)CCCC(C)=O)c1)OCC(=O)NCC#Cc1cn(C2CC(OC)C(COP(=O)(O)OP(=O)(O)OP(=O)(O)O)O2)c2ncnc(N)c12. The van der Waals surface area contributed by atoms with Crippen LogP contribution in [0.15, 0.2) is 98.9 Å². The van der Waals surface area contributed by atoms with Crippen molar-refractivity contribution < 1.29 is 183 Å². The minimum absolute atomic E-state index is 0.00655. The van der Waals surface area contributed by atoms with Gasteiger partial charge in [0.15, 0.2) is 29.9 Å². The van der Waals surface area contributed by atoms with E-state index in [1.165, 1.54) is 69.7 Å². The highest BCUT2D eigenvalue weighted by molar-refractivity contribution is 7.67. The predicted octanol–water partition coefficient (Wildman–Crippen LogP) is 5.79. The molecule has 2 aliphatic heterocycles. The summed E-state index contributed by atoms with van der Waals surface area (Å²) in [7, 11) is -30.9. The van der Waals surface area contributed by atoms with Crippen molar-refractivity contribution in [1.29, 1.82) is 0 Å². The lowest BCUT2D eigenvalue weighted by molar-refractivity contribution is -0.162. The van der Waals surface area contributed by atoms with Crippen molar-refractivity contribution >= 4 is 128 Å². The van der Waals surface area contributed by atoms with Crippen molar-refractivity contribution in [2.24, 2.45) is 0 Å². The number of methoxy groups -OCH3 is 2. The van der Waals surface area contributed by atoms with Crippen LogP contribution < -0.4 is 42.2 Å². The number of nitrogens with zero attached hydrogens (tertiary/aromatic N) is 6. The van der Waals surface area contributed by atoms with Gasteiger partial charge in [-0.2, -0.15) is 17.2 Å². The van der Waals surface area contributed by atoms with Gasteiger partial charge in [0.25, 0.3) is 0 Å². The van der Waals surface area contributed by atoms with Crippen LogP contribution in [0.25, 0.3) is 22.1 Å². The number of carbonyl (C=O) groups is 8. The van der Waals surface area contributed by atoms with Crippen molar-refractivity contribution in [3.8, 4) is 35.2 Å². The van der Waals surface area contributed by atoms with Gasteiger partial charge in [0.05, 0.1) is 79.7 Å². The molecule has 2 fully saturated rings. The van der Waals surface area contributed by atoms with Crippen molar-refractivity contribution in [2.75, 3.05) is 98.2 Å². The van der Waals surface area contributed by atoms with Crippen LogP contribution in [0.3, 0.4) is 0 Å². The highest BCUT2D eigenvalue weighted by atomic mass is 31.3. The smallest absolute Gasteiger partial charge is 0.488 e. The number of hydrogen-bond acceptors (Lipinski definition) is 37. The Hall–Kier alpha value is -9.66. The van der Waals surface area contributed by atoms with Gasteiger partial charge < -0.3 is 138 Å².